The van der Waals surface area contributed by atoms with E-state index < -0.39 is 0 Å². The van der Waals surface area contributed by atoms with E-state index in [4.69, 9.17) is 4.42 Å². The van der Waals surface area contributed by atoms with Crippen LogP contribution in [0, 0.1) is 0 Å². The molecule has 5 heteroatoms. The van der Waals surface area contributed by atoms with E-state index in [1.807, 2.05) is 36.4 Å². The number of anilines is 1. The first-order valence-corrected chi connectivity index (χ1v) is 10.3. The van der Waals surface area contributed by atoms with Crippen LogP contribution in [0.5, 0.6) is 0 Å². The average Bonchev–Trinajstić information content (AvgIpc) is 3.27. The van der Waals surface area contributed by atoms with Gasteiger partial charge in [-0.05, 0) is 53.1 Å². The molecule has 0 bridgehead atoms. The van der Waals surface area contributed by atoms with Gasteiger partial charge in [-0.2, -0.15) is 0 Å². The minimum Gasteiger partial charge on any atom is -0.435 e. The van der Waals surface area contributed by atoms with Crippen LogP contribution in [0.15, 0.2) is 88.4 Å². The second-order valence-electron chi connectivity index (χ2n) is 7.28. The topological polar surface area (TPSA) is 63.3 Å². The number of aromatic nitrogens is 2. The molecule has 0 fully saturated rings. The van der Waals surface area contributed by atoms with Crippen molar-refractivity contribution in [2.75, 3.05) is 12.4 Å². The zero-order valence-electron chi connectivity index (χ0n) is 17.5. The van der Waals surface area contributed by atoms with E-state index in [1.54, 1.807) is 13.2 Å². The van der Waals surface area contributed by atoms with Crippen molar-refractivity contribution in [3.63, 3.8) is 0 Å². The zero-order chi connectivity index (χ0) is 21.2. The molecule has 152 valence electrons. The molecule has 0 aliphatic heterocycles. The molecule has 0 aliphatic rings. The van der Waals surface area contributed by atoms with Crippen LogP contribution in [0.4, 0.5) is 5.69 Å². The van der Waals surface area contributed by atoms with Gasteiger partial charge in [-0.1, -0.05) is 49.4 Å². The number of pyridine rings is 1. The number of amidine groups is 1. The maximum absolute atomic E-state index is 5.89. The van der Waals surface area contributed by atoms with Gasteiger partial charge in [0.1, 0.15) is 17.0 Å². The minimum atomic E-state index is 0.499. The van der Waals surface area contributed by atoms with Gasteiger partial charge in [0, 0.05) is 24.5 Å². The van der Waals surface area contributed by atoms with E-state index in [0.717, 1.165) is 34.6 Å². The molecule has 31 heavy (non-hydrogen) atoms. The molecule has 0 spiro atoms. The Labute approximate surface area is 180 Å². The highest BCUT2D eigenvalue weighted by atomic mass is 16.3. The predicted molar refractivity (Wildman–Crippen MR) is 127 cm³/mol. The van der Waals surface area contributed by atoms with Crippen LogP contribution in [0.3, 0.4) is 0 Å². The lowest BCUT2D eigenvalue weighted by Gasteiger charge is -2.15. The number of rotatable bonds is 4. The number of hydrogen-bond acceptors (Lipinski definition) is 4. The van der Waals surface area contributed by atoms with Crippen LogP contribution in [-0.4, -0.2) is 22.9 Å². The number of oxazole rings is 1. The summed E-state index contributed by atoms with van der Waals surface area (Å²) < 4.78 is 5.89. The lowest BCUT2D eigenvalue weighted by atomic mass is 10.0. The van der Waals surface area contributed by atoms with Gasteiger partial charge in [0.15, 0.2) is 5.58 Å². The molecule has 0 saturated carbocycles. The second-order valence-corrected chi connectivity index (χ2v) is 7.28. The second kappa shape index (κ2) is 8.03. The highest BCUT2D eigenvalue weighted by Crippen LogP contribution is 2.28. The average molecular weight is 406 g/mol. The molecular weight excluding hydrogens is 384 g/mol. The fourth-order valence-electron chi connectivity index (χ4n) is 3.90. The van der Waals surface area contributed by atoms with Crippen molar-refractivity contribution in [2.45, 2.75) is 13.3 Å². The first-order valence-electron chi connectivity index (χ1n) is 10.3. The van der Waals surface area contributed by atoms with Gasteiger partial charge in [-0.3, -0.25) is 9.98 Å². The Hall–Kier alpha value is -3.99. The highest BCUT2D eigenvalue weighted by Gasteiger charge is 2.13. The lowest BCUT2D eigenvalue weighted by Crippen LogP contribution is -2.15. The van der Waals surface area contributed by atoms with Crippen molar-refractivity contribution in [1.29, 1.82) is 0 Å². The molecule has 5 nitrogen and oxygen atoms in total. The lowest BCUT2D eigenvalue weighted by molar-refractivity contribution is 0.617. The number of aliphatic imine (C=N–C) groups is 1. The Balaban J connectivity index is 1.51. The Kier molecular flexibility index (Phi) is 4.92. The first-order chi connectivity index (χ1) is 15.3. The summed E-state index contributed by atoms with van der Waals surface area (Å²) in [5.41, 5.74) is 5.48. The van der Waals surface area contributed by atoms with E-state index in [1.165, 1.54) is 16.3 Å². The summed E-state index contributed by atoms with van der Waals surface area (Å²) >= 11 is 0. The summed E-state index contributed by atoms with van der Waals surface area (Å²) in [7, 11) is 1.79. The maximum Gasteiger partial charge on any atom is 0.246 e. The third-order valence-electron chi connectivity index (χ3n) is 5.42. The molecular formula is C26H22N4O. The largest absolute Gasteiger partial charge is 0.435 e. The smallest absolute Gasteiger partial charge is 0.246 e. The summed E-state index contributed by atoms with van der Waals surface area (Å²) in [4.78, 5) is 13.5. The highest BCUT2D eigenvalue weighted by molar-refractivity contribution is 6.10. The van der Waals surface area contributed by atoms with Gasteiger partial charge < -0.3 is 9.73 Å². The summed E-state index contributed by atoms with van der Waals surface area (Å²) in [6.45, 7) is 2.17. The van der Waals surface area contributed by atoms with E-state index in [9.17, 15) is 0 Å². The van der Waals surface area contributed by atoms with Crippen LogP contribution in [0.1, 0.15) is 18.1 Å². The van der Waals surface area contributed by atoms with E-state index >= 15 is 0 Å². The number of hydrogen-bond donors (Lipinski definition) is 1. The minimum absolute atomic E-state index is 0.499. The third kappa shape index (κ3) is 3.55. The Morgan fingerprint density at radius 1 is 1.00 bits per heavy atom. The Bertz CT molecular complexity index is 1380. The molecule has 2 heterocycles. The third-order valence-corrected chi connectivity index (χ3v) is 5.42. The fraction of sp³-hybridized carbons (Fsp3) is 0.115. The maximum atomic E-state index is 5.89. The van der Waals surface area contributed by atoms with E-state index in [0.29, 0.717) is 11.6 Å². The molecule has 1 N–H and O–H groups in total. The SMILES string of the molecule is CCc1c(NC(=NC)c2ccnc(-c3nc4ccccc4o3)c2)ccc2ccccc12. The van der Waals surface area contributed by atoms with Crippen molar-refractivity contribution >= 4 is 33.4 Å². The Morgan fingerprint density at radius 3 is 2.68 bits per heavy atom. The van der Waals surface area contributed by atoms with Gasteiger partial charge in [0.2, 0.25) is 5.89 Å². The molecule has 0 radical (unpaired) electrons. The van der Waals surface area contributed by atoms with Gasteiger partial charge in [-0.25, -0.2) is 4.98 Å². The monoisotopic (exact) mass is 406 g/mol. The predicted octanol–water partition coefficient (Wildman–Crippen LogP) is 6.09. The molecule has 2 aromatic heterocycles. The van der Waals surface area contributed by atoms with Crippen LogP contribution in [-0.2, 0) is 6.42 Å². The molecule has 0 saturated heterocycles. The zero-order valence-corrected chi connectivity index (χ0v) is 17.5. The number of nitrogens with zero attached hydrogens (tertiary/aromatic N) is 3. The van der Waals surface area contributed by atoms with Gasteiger partial charge >= 0.3 is 0 Å². The fourth-order valence-corrected chi connectivity index (χ4v) is 3.90. The molecule has 0 aliphatic carbocycles. The number of nitrogens with one attached hydrogen (secondary N) is 1. The molecule has 5 aromatic rings. The summed E-state index contributed by atoms with van der Waals surface area (Å²) in [5, 5.41) is 6.03. The number of aryl methyl sites for hydroxylation is 1. The quantitative estimate of drug-likeness (QED) is 0.290. The molecule has 5 rings (SSSR count). The number of para-hydroxylation sites is 2. The normalized spacial score (nSPS) is 11.9. The van der Waals surface area contributed by atoms with Gasteiger partial charge in [-0.15, -0.1) is 0 Å². The summed E-state index contributed by atoms with van der Waals surface area (Å²) in [6.07, 6.45) is 2.68. The number of fused-ring (bicyclic) bond motifs is 2. The van der Waals surface area contributed by atoms with Crippen LogP contribution < -0.4 is 5.32 Å². The summed E-state index contributed by atoms with van der Waals surface area (Å²) in [5.74, 6) is 1.27. The summed E-state index contributed by atoms with van der Waals surface area (Å²) in [6, 6.07) is 24.3. The van der Waals surface area contributed by atoms with Gasteiger partial charge in [0.25, 0.3) is 0 Å². The van der Waals surface area contributed by atoms with Crippen LogP contribution in [0.25, 0.3) is 33.5 Å². The van der Waals surface area contributed by atoms with Gasteiger partial charge in [0.05, 0.1) is 0 Å². The first kappa shape index (κ1) is 19.0. The van der Waals surface area contributed by atoms with Crippen LogP contribution in [0.2, 0.25) is 0 Å². The standard InChI is InChI=1S/C26H22N4O/c1-3-19-20-9-5-4-8-17(20)12-13-21(19)29-25(27-2)18-14-15-28-23(16-18)26-30-22-10-6-7-11-24(22)31-26/h4-16H,3H2,1-2H3,(H,27,29). The van der Waals surface area contributed by atoms with Crippen LogP contribution >= 0.6 is 0 Å². The molecule has 0 atom stereocenters. The molecule has 3 aromatic carbocycles. The van der Waals surface area contributed by atoms with E-state index in [-0.39, 0.29) is 0 Å². The molecule has 0 amide bonds. The Morgan fingerprint density at radius 2 is 1.84 bits per heavy atom. The van der Waals surface area contributed by atoms with Crippen molar-refractivity contribution in [3.05, 3.63) is 90.1 Å². The van der Waals surface area contributed by atoms with E-state index in [2.05, 4.69) is 63.6 Å². The van der Waals surface area contributed by atoms with Crippen molar-refractivity contribution in [1.82, 2.24) is 9.97 Å². The van der Waals surface area contributed by atoms with Crippen molar-refractivity contribution < 1.29 is 4.42 Å². The number of benzene rings is 3. The van der Waals surface area contributed by atoms with Crippen molar-refractivity contribution in [3.8, 4) is 11.6 Å². The van der Waals surface area contributed by atoms with Crippen molar-refractivity contribution in [2.24, 2.45) is 4.99 Å². The molecule has 0 unspecified atom stereocenters.